The van der Waals surface area contributed by atoms with Gasteiger partial charge in [-0.3, -0.25) is 4.79 Å². The SMILES string of the molecule is CN(C)C(=O)C1CCCC12CCN(S(C)(=O)=O)C2. The number of amides is 1. The minimum atomic E-state index is -3.13. The van der Waals surface area contributed by atoms with Gasteiger partial charge in [-0.1, -0.05) is 6.42 Å². The highest BCUT2D eigenvalue weighted by Crippen LogP contribution is 2.50. The molecule has 2 unspecified atom stereocenters. The van der Waals surface area contributed by atoms with E-state index in [2.05, 4.69) is 0 Å². The van der Waals surface area contributed by atoms with Gasteiger partial charge in [0.05, 0.1) is 6.26 Å². The molecule has 1 amide bonds. The lowest BCUT2D eigenvalue weighted by molar-refractivity contribution is -0.136. The van der Waals surface area contributed by atoms with Crippen molar-refractivity contribution in [2.45, 2.75) is 25.7 Å². The van der Waals surface area contributed by atoms with Crippen LogP contribution in [0.4, 0.5) is 0 Å². The fourth-order valence-corrected chi connectivity index (χ4v) is 4.38. The van der Waals surface area contributed by atoms with E-state index in [9.17, 15) is 13.2 Å². The van der Waals surface area contributed by atoms with Crippen LogP contribution in [0.25, 0.3) is 0 Å². The lowest BCUT2D eigenvalue weighted by Gasteiger charge is -2.31. The second kappa shape index (κ2) is 4.49. The van der Waals surface area contributed by atoms with Crippen LogP contribution < -0.4 is 0 Å². The lowest BCUT2D eigenvalue weighted by atomic mass is 9.76. The molecule has 0 N–H and O–H groups in total. The maximum Gasteiger partial charge on any atom is 0.225 e. The summed E-state index contributed by atoms with van der Waals surface area (Å²) >= 11 is 0. The highest BCUT2D eigenvalue weighted by molar-refractivity contribution is 7.88. The zero-order valence-corrected chi connectivity index (χ0v) is 12.2. The molecule has 6 heteroatoms. The second-order valence-corrected chi connectivity index (χ2v) is 7.87. The molecule has 0 radical (unpaired) electrons. The molecule has 0 bridgehead atoms. The monoisotopic (exact) mass is 274 g/mol. The highest BCUT2D eigenvalue weighted by Gasteiger charge is 2.52. The maximum atomic E-state index is 12.2. The van der Waals surface area contributed by atoms with E-state index in [-0.39, 0.29) is 17.2 Å². The molecule has 1 heterocycles. The second-order valence-electron chi connectivity index (χ2n) is 5.89. The molecule has 0 aromatic heterocycles. The van der Waals surface area contributed by atoms with E-state index in [1.165, 1.54) is 10.6 Å². The molecule has 2 fully saturated rings. The summed E-state index contributed by atoms with van der Waals surface area (Å²) in [7, 11) is 0.424. The Balaban J connectivity index is 2.20. The summed E-state index contributed by atoms with van der Waals surface area (Å²) < 4.78 is 24.8. The Morgan fingerprint density at radius 1 is 1.33 bits per heavy atom. The summed E-state index contributed by atoms with van der Waals surface area (Å²) in [5.41, 5.74) is -0.107. The number of carbonyl (C=O) groups excluding carboxylic acids is 1. The van der Waals surface area contributed by atoms with E-state index >= 15 is 0 Å². The summed E-state index contributed by atoms with van der Waals surface area (Å²) in [5.74, 6) is 0.155. The van der Waals surface area contributed by atoms with Gasteiger partial charge in [0.25, 0.3) is 0 Å². The molecule has 1 aliphatic carbocycles. The van der Waals surface area contributed by atoms with Gasteiger partial charge in [-0.05, 0) is 24.7 Å². The Labute approximate surface area is 109 Å². The Hall–Kier alpha value is -0.620. The van der Waals surface area contributed by atoms with E-state index in [4.69, 9.17) is 0 Å². The van der Waals surface area contributed by atoms with E-state index < -0.39 is 10.0 Å². The van der Waals surface area contributed by atoms with Gasteiger partial charge in [0.15, 0.2) is 0 Å². The smallest absolute Gasteiger partial charge is 0.225 e. The number of rotatable bonds is 2. The summed E-state index contributed by atoms with van der Waals surface area (Å²) in [5, 5.41) is 0. The zero-order valence-electron chi connectivity index (χ0n) is 11.3. The minimum Gasteiger partial charge on any atom is -0.349 e. The highest BCUT2D eigenvalue weighted by atomic mass is 32.2. The van der Waals surface area contributed by atoms with Crippen molar-refractivity contribution in [1.82, 2.24) is 9.21 Å². The largest absolute Gasteiger partial charge is 0.349 e. The molecule has 104 valence electrons. The summed E-state index contributed by atoms with van der Waals surface area (Å²) in [6.45, 7) is 1.09. The molecular weight excluding hydrogens is 252 g/mol. The predicted octanol–water partition coefficient (Wildman–Crippen LogP) is 0.526. The molecule has 2 rings (SSSR count). The number of hydrogen-bond acceptors (Lipinski definition) is 3. The van der Waals surface area contributed by atoms with Gasteiger partial charge in [0.2, 0.25) is 15.9 Å². The van der Waals surface area contributed by atoms with Crippen LogP contribution in [0.3, 0.4) is 0 Å². The van der Waals surface area contributed by atoms with Crippen LogP contribution in [-0.2, 0) is 14.8 Å². The molecule has 0 aromatic carbocycles. The van der Waals surface area contributed by atoms with E-state index in [1.54, 1.807) is 19.0 Å². The van der Waals surface area contributed by atoms with Crippen molar-refractivity contribution in [3.63, 3.8) is 0 Å². The van der Waals surface area contributed by atoms with Crippen LogP contribution in [0, 0.1) is 11.3 Å². The van der Waals surface area contributed by atoms with Crippen LogP contribution in [0.2, 0.25) is 0 Å². The predicted molar refractivity (Wildman–Crippen MR) is 69.5 cm³/mol. The van der Waals surface area contributed by atoms with Gasteiger partial charge >= 0.3 is 0 Å². The Kier molecular flexibility index (Phi) is 3.44. The van der Waals surface area contributed by atoms with Crippen molar-refractivity contribution in [3.05, 3.63) is 0 Å². The van der Waals surface area contributed by atoms with Crippen LogP contribution in [0.15, 0.2) is 0 Å². The molecule has 2 atom stereocenters. The number of carbonyl (C=O) groups is 1. The van der Waals surface area contributed by atoms with Crippen LogP contribution in [0.5, 0.6) is 0 Å². The van der Waals surface area contributed by atoms with Crippen LogP contribution in [-0.4, -0.2) is 57.0 Å². The van der Waals surface area contributed by atoms with Crippen LogP contribution in [0.1, 0.15) is 25.7 Å². The maximum absolute atomic E-state index is 12.2. The van der Waals surface area contributed by atoms with Gasteiger partial charge in [-0.15, -0.1) is 0 Å². The van der Waals surface area contributed by atoms with Gasteiger partial charge in [0, 0.05) is 33.1 Å². The molecular formula is C12H22N2O3S. The number of hydrogen-bond donors (Lipinski definition) is 0. The first-order valence-electron chi connectivity index (χ1n) is 6.43. The van der Waals surface area contributed by atoms with Crippen molar-refractivity contribution >= 4 is 15.9 Å². The molecule has 2 aliphatic rings. The van der Waals surface area contributed by atoms with Crippen molar-refractivity contribution in [1.29, 1.82) is 0 Å². The quantitative estimate of drug-likeness (QED) is 0.738. The Morgan fingerprint density at radius 2 is 2.00 bits per heavy atom. The average Bonchev–Trinajstić information content (AvgIpc) is 2.85. The van der Waals surface area contributed by atoms with Gasteiger partial charge in [-0.2, -0.15) is 0 Å². The van der Waals surface area contributed by atoms with Crippen LogP contribution >= 0.6 is 0 Å². The van der Waals surface area contributed by atoms with Gasteiger partial charge in [0.1, 0.15) is 0 Å². The van der Waals surface area contributed by atoms with E-state index in [0.717, 1.165) is 25.7 Å². The van der Waals surface area contributed by atoms with Crippen molar-refractivity contribution < 1.29 is 13.2 Å². The lowest BCUT2D eigenvalue weighted by Crippen LogP contribution is -2.40. The molecule has 1 spiro atoms. The summed E-state index contributed by atoms with van der Waals surface area (Å²) in [6.07, 6.45) is 4.98. The Bertz CT molecular complexity index is 446. The van der Waals surface area contributed by atoms with E-state index in [0.29, 0.717) is 13.1 Å². The third kappa shape index (κ3) is 2.28. The standard InChI is InChI=1S/C12H22N2O3S/c1-13(2)11(15)10-5-4-6-12(10)7-8-14(9-12)18(3,16)17/h10H,4-9H2,1-3H3. The third-order valence-electron chi connectivity index (χ3n) is 4.46. The first kappa shape index (κ1) is 13.8. The average molecular weight is 274 g/mol. The van der Waals surface area contributed by atoms with Crippen molar-refractivity contribution in [3.8, 4) is 0 Å². The molecule has 18 heavy (non-hydrogen) atoms. The number of nitrogens with zero attached hydrogens (tertiary/aromatic N) is 2. The molecule has 5 nitrogen and oxygen atoms in total. The number of sulfonamides is 1. The first-order valence-corrected chi connectivity index (χ1v) is 8.27. The molecule has 1 saturated carbocycles. The van der Waals surface area contributed by atoms with E-state index in [1.807, 2.05) is 0 Å². The minimum absolute atomic E-state index is 0.000694. The summed E-state index contributed by atoms with van der Waals surface area (Å²) in [6, 6.07) is 0. The topological polar surface area (TPSA) is 57.7 Å². The normalized spacial score (nSPS) is 33.2. The fraction of sp³-hybridized carbons (Fsp3) is 0.917. The molecule has 1 saturated heterocycles. The molecule has 1 aliphatic heterocycles. The first-order chi connectivity index (χ1) is 8.26. The summed E-state index contributed by atoms with van der Waals surface area (Å²) in [4.78, 5) is 13.9. The van der Waals surface area contributed by atoms with Crippen molar-refractivity contribution in [2.24, 2.45) is 11.3 Å². The fourth-order valence-electron chi connectivity index (χ4n) is 3.46. The van der Waals surface area contributed by atoms with Crippen molar-refractivity contribution in [2.75, 3.05) is 33.4 Å². The van der Waals surface area contributed by atoms with Gasteiger partial charge in [-0.25, -0.2) is 12.7 Å². The third-order valence-corrected chi connectivity index (χ3v) is 5.71. The van der Waals surface area contributed by atoms with Gasteiger partial charge < -0.3 is 4.90 Å². The zero-order chi connectivity index (χ0) is 13.6. The molecule has 0 aromatic rings. The Morgan fingerprint density at radius 3 is 2.50 bits per heavy atom.